The van der Waals surface area contributed by atoms with Crippen LogP contribution in [-0.4, -0.2) is 0 Å². The summed E-state index contributed by atoms with van der Waals surface area (Å²) in [6, 6.07) is 23.4. The summed E-state index contributed by atoms with van der Waals surface area (Å²) in [5.74, 6) is 0.574. The fraction of sp³-hybridized carbons (Fsp3) is 0.0455. The van der Waals surface area contributed by atoms with Gasteiger partial charge in [0.25, 0.3) is 0 Å². The first-order chi connectivity index (χ1) is 12.1. The maximum absolute atomic E-state index is 12.4. The van der Waals surface area contributed by atoms with Gasteiger partial charge in [0.15, 0.2) is 5.43 Å². The van der Waals surface area contributed by atoms with E-state index in [0.29, 0.717) is 16.7 Å². The van der Waals surface area contributed by atoms with Crippen LogP contribution in [0.15, 0.2) is 86.5 Å². The van der Waals surface area contributed by atoms with Crippen molar-refractivity contribution < 1.29 is 4.42 Å². The maximum Gasteiger partial charge on any atom is 0.193 e. The molecule has 0 N–H and O–H groups in total. The Morgan fingerprint density at radius 2 is 1.52 bits per heavy atom. The number of hydrogen-bond donors (Lipinski definition) is 0. The van der Waals surface area contributed by atoms with Gasteiger partial charge >= 0.3 is 0 Å². The van der Waals surface area contributed by atoms with Gasteiger partial charge in [-0.25, -0.2) is 0 Å². The van der Waals surface area contributed by atoms with Gasteiger partial charge in [-0.15, -0.1) is 0 Å². The average molecular weight is 391 g/mol. The summed E-state index contributed by atoms with van der Waals surface area (Å²) in [5.41, 5.74) is 4.89. The Bertz CT molecular complexity index is 1140. The maximum atomic E-state index is 12.4. The van der Waals surface area contributed by atoms with Crippen LogP contribution in [0.2, 0.25) is 0 Å². The van der Waals surface area contributed by atoms with Crippen molar-refractivity contribution in [3.8, 4) is 22.5 Å². The highest BCUT2D eigenvalue weighted by molar-refractivity contribution is 9.10. The number of fused-ring (bicyclic) bond motifs is 1. The lowest BCUT2D eigenvalue weighted by molar-refractivity contribution is 0.619. The standard InChI is InChI=1S/C22H15BrO2/c1-14-4-2-5-15(10-14)16-6-3-7-17(11-16)21-13-20(24)19-9-8-18(23)12-22(19)25-21/h2-13H,1H3. The Balaban J connectivity index is 1.86. The lowest BCUT2D eigenvalue weighted by Crippen LogP contribution is -2.00. The Morgan fingerprint density at radius 3 is 2.32 bits per heavy atom. The molecule has 0 aliphatic rings. The van der Waals surface area contributed by atoms with Gasteiger partial charge in [0, 0.05) is 16.1 Å². The molecule has 0 unspecified atom stereocenters. The smallest absolute Gasteiger partial charge is 0.193 e. The monoisotopic (exact) mass is 390 g/mol. The van der Waals surface area contributed by atoms with Crippen molar-refractivity contribution in [2.24, 2.45) is 0 Å². The van der Waals surface area contributed by atoms with E-state index in [2.05, 4.69) is 53.2 Å². The highest BCUT2D eigenvalue weighted by Gasteiger charge is 2.09. The Labute approximate surface area is 153 Å². The normalized spacial score (nSPS) is 11.0. The summed E-state index contributed by atoms with van der Waals surface area (Å²) in [5, 5.41) is 0.585. The van der Waals surface area contributed by atoms with Gasteiger partial charge in [-0.1, -0.05) is 64.0 Å². The molecule has 122 valence electrons. The molecule has 3 heteroatoms. The summed E-state index contributed by atoms with van der Waals surface area (Å²) in [7, 11) is 0. The summed E-state index contributed by atoms with van der Waals surface area (Å²) < 4.78 is 6.88. The Morgan fingerprint density at radius 1 is 0.800 bits per heavy atom. The molecule has 0 amide bonds. The molecule has 0 aliphatic carbocycles. The van der Waals surface area contributed by atoms with Crippen molar-refractivity contribution in [3.63, 3.8) is 0 Å². The van der Waals surface area contributed by atoms with Crippen molar-refractivity contribution in [3.05, 3.63) is 93.1 Å². The molecule has 0 fully saturated rings. The lowest BCUT2D eigenvalue weighted by atomic mass is 10.0. The van der Waals surface area contributed by atoms with E-state index in [0.717, 1.165) is 21.2 Å². The van der Waals surface area contributed by atoms with Crippen LogP contribution in [0.5, 0.6) is 0 Å². The summed E-state index contributed by atoms with van der Waals surface area (Å²) >= 11 is 3.42. The molecule has 0 saturated heterocycles. The molecule has 25 heavy (non-hydrogen) atoms. The fourth-order valence-electron chi connectivity index (χ4n) is 2.95. The van der Waals surface area contributed by atoms with E-state index in [9.17, 15) is 4.79 Å². The van der Waals surface area contributed by atoms with E-state index >= 15 is 0 Å². The predicted octanol–water partition coefficient (Wildman–Crippen LogP) is 6.20. The van der Waals surface area contributed by atoms with Crippen molar-refractivity contribution in [1.82, 2.24) is 0 Å². The summed E-state index contributed by atoms with van der Waals surface area (Å²) in [6.45, 7) is 2.08. The van der Waals surface area contributed by atoms with Crippen LogP contribution < -0.4 is 5.43 Å². The van der Waals surface area contributed by atoms with Crippen molar-refractivity contribution in [1.29, 1.82) is 0 Å². The van der Waals surface area contributed by atoms with Gasteiger partial charge in [-0.2, -0.15) is 0 Å². The van der Waals surface area contributed by atoms with Gasteiger partial charge in [-0.3, -0.25) is 4.79 Å². The molecule has 4 rings (SSSR count). The molecule has 0 radical (unpaired) electrons. The number of hydrogen-bond acceptors (Lipinski definition) is 2. The van der Waals surface area contributed by atoms with E-state index in [1.54, 1.807) is 12.1 Å². The van der Waals surface area contributed by atoms with Gasteiger partial charge in [0.05, 0.1) is 5.39 Å². The molecule has 1 aromatic heterocycles. The third-order valence-corrected chi connectivity index (χ3v) is 4.68. The van der Waals surface area contributed by atoms with Crippen molar-refractivity contribution >= 4 is 26.9 Å². The van der Waals surface area contributed by atoms with E-state index < -0.39 is 0 Å². The molecule has 4 aromatic rings. The van der Waals surface area contributed by atoms with Crippen LogP contribution >= 0.6 is 15.9 Å². The SMILES string of the molecule is Cc1cccc(-c2cccc(-c3cc(=O)c4ccc(Br)cc4o3)c2)c1. The highest BCUT2D eigenvalue weighted by Crippen LogP contribution is 2.28. The van der Waals surface area contributed by atoms with Crippen LogP contribution in [0.1, 0.15) is 5.56 Å². The topological polar surface area (TPSA) is 30.2 Å². The molecular weight excluding hydrogens is 376 g/mol. The van der Waals surface area contributed by atoms with Crippen LogP contribution in [0, 0.1) is 6.92 Å². The average Bonchev–Trinajstić information content (AvgIpc) is 2.61. The first-order valence-electron chi connectivity index (χ1n) is 8.01. The predicted molar refractivity (Wildman–Crippen MR) is 106 cm³/mol. The van der Waals surface area contributed by atoms with Gasteiger partial charge in [0.1, 0.15) is 11.3 Å². The third kappa shape index (κ3) is 3.15. The number of aryl methyl sites for hydroxylation is 1. The van der Waals surface area contributed by atoms with Crippen LogP contribution in [0.25, 0.3) is 33.4 Å². The summed E-state index contributed by atoms with van der Waals surface area (Å²) in [6.07, 6.45) is 0. The van der Waals surface area contributed by atoms with Crippen LogP contribution in [0.3, 0.4) is 0 Å². The molecule has 0 aliphatic heterocycles. The van der Waals surface area contributed by atoms with Gasteiger partial charge < -0.3 is 4.42 Å². The molecular formula is C22H15BrO2. The minimum Gasteiger partial charge on any atom is -0.456 e. The van der Waals surface area contributed by atoms with E-state index in [1.165, 1.54) is 5.56 Å². The number of halogens is 1. The molecule has 0 bridgehead atoms. The number of benzene rings is 3. The zero-order chi connectivity index (χ0) is 17.4. The molecule has 0 saturated carbocycles. The first-order valence-corrected chi connectivity index (χ1v) is 8.80. The second kappa shape index (κ2) is 6.34. The zero-order valence-corrected chi connectivity index (χ0v) is 15.2. The first kappa shape index (κ1) is 15.9. The Hall–Kier alpha value is -2.65. The van der Waals surface area contributed by atoms with Gasteiger partial charge in [0.2, 0.25) is 0 Å². The number of rotatable bonds is 2. The highest BCUT2D eigenvalue weighted by atomic mass is 79.9. The van der Waals surface area contributed by atoms with E-state index in [-0.39, 0.29) is 5.43 Å². The molecule has 0 atom stereocenters. The van der Waals surface area contributed by atoms with Gasteiger partial charge in [-0.05, 0) is 42.3 Å². The zero-order valence-electron chi connectivity index (χ0n) is 13.6. The molecule has 1 heterocycles. The van der Waals surface area contributed by atoms with Crippen LogP contribution in [0.4, 0.5) is 0 Å². The third-order valence-electron chi connectivity index (χ3n) is 4.19. The second-order valence-corrected chi connectivity index (χ2v) is 6.98. The molecule has 3 aromatic carbocycles. The Kier molecular flexibility index (Phi) is 4.02. The summed E-state index contributed by atoms with van der Waals surface area (Å²) in [4.78, 5) is 12.4. The molecule has 0 spiro atoms. The minimum absolute atomic E-state index is 0.0373. The largest absolute Gasteiger partial charge is 0.456 e. The lowest BCUT2D eigenvalue weighted by Gasteiger charge is -2.07. The minimum atomic E-state index is -0.0373. The second-order valence-electron chi connectivity index (χ2n) is 6.07. The van der Waals surface area contributed by atoms with E-state index in [1.807, 2.05) is 30.3 Å². The quantitative estimate of drug-likeness (QED) is 0.407. The van der Waals surface area contributed by atoms with E-state index in [4.69, 9.17) is 4.42 Å². The molecule has 2 nitrogen and oxygen atoms in total. The van der Waals surface area contributed by atoms with Crippen LogP contribution in [-0.2, 0) is 0 Å². The van der Waals surface area contributed by atoms with Crippen molar-refractivity contribution in [2.45, 2.75) is 6.92 Å². The fourth-order valence-corrected chi connectivity index (χ4v) is 3.29. The van der Waals surface area contributed by atoms with Crippen molar-refractivity contribution in [2.75, 3.05) is 0 Å².